The van der Waals surface area contributed by atoms with E-state index >= 15 is 0 Å². The maximum absolute atomic E-state index is 12.3. The van der Waals surface area contributed by atoms with Gasteiger partial charge >= 0.3 is 0 Å². The van der Waals surface area contributed by atoms with E-state index in [1.165, 1.54) is 21.9 Å². The van der Waals surface area contributed by atoms with Crippen LogP contribution in [0.4, 0.5) is 0 Å². The van der Waals surface area contributed by atoms with Crippen LogP contribution in [0.25, 0.3) is 22.6 Å². The fourth-order valence-electron chi connectivity index (χ4n) is 3.11. The van der Waals surface area contributed by atoms with Crippen molar-refractivity contribution >= 4 is 0 Å². The van der Waals surface area contributed by atoms with E-state index in [0.29, 0.717) is 29.8 Å². The Morgan fingerprint density at radius 3 is 2.67 bits per heavy atom. The molecule has 2 heterocycles. The van der Waals surface area contributed by atoms with Gasteiger partial charge in [0.25, 0.3) is 5.56 Å². The van der Waals surface area contributed by atoms with Gasteiger partial charge in [0.1, 0.15) is 12.3 Å². The second kappa shape index (κ2) is 8.32. The summed E-state index contributed by atoms with van der Waals surface area (Å²) in [5, 5.41) is 8.54. The zero-order chi connectivity index (χ0) is 21.1. The smallest absolute Gasteiger partial charge is 0.267 e. The van der Waals surface area contributed by atoms with Crippen LogP contribution in [0.3, 0.4) is 0 Å². The van der Waals surface area contributed by atoms with E-state index in [2.05, 4.69) is 35.2 Å². The molecule has 0 radical (unpaired) electrons. The molecule has 4 rings (SSSR count). The van der Waals surface area contributed by atoms with Gasteiger partial charge in [0, 0.05) is 11.6 Å². The van der Waals surface area contributed by atoms with Crippen molar-refractivity contribution in [3.05, 3.63) is 82.0 Å². The number of aromatic nitrogens is 4. The number of para-hydroxylation sites is 1. The molecule has 0 unspecified atom stereocenters. The van der Waals surface area contributed by atoms with E-state index in [1.54, 1.807) is 6.07 Å². The molecule has 0 atom stereocenters. The lowest BCUT2D eigenvalue weighted by Gasteiger charge is -2.07. The number of hydrogen-bond donors (Lipinski definition) is 0. The van der Waals surface area contributed by atoms with Gasteiger partial charge in [-0.3, -0.25) is 4.79 Å². The summed E-state index contributed by atoms with van der Waals surface area (Å²) < 4.78 is 12.3. The average molecular weight is 402 g/mol. The molecule has 7 heteroatoms. The van der Waals surface area contributed by atoms with Gasteiger partial charge in [-0.1, -0.05) is 29.4 Å². The van der Waals surface area contributed by atoms with Gasteiger partial charge in [0.15, 0.2) is 0 Å². The molecule has 0 fully saturated rings. The molecule has 2 aromatic carbocycles. The first-order chi connectivity index (χ1) is 14.5. The molecule has 0 aliphatic rings. The lowest BCUT2D eigenvalue weighted by molar-refractivity contribution is 0.340. The van der Waals surface area contributed by atoms with Crippen LogP contribution in [0, 0.1) is 13.8 Å². The Kier molecular flexibility index (Phi) is 5.43. The first-order valence-electron chi connectivity index (χ1n) is 9.75. The summed E-state index contributed by atoms with van der Waals surface area (Å²) in [6.45, 7) is 6.64. The quantitative estimate of drug-likeness (QED) is 0.484. The summed E-state index contributed by atoms with van der Waals surface area (Å²) in [5.41, 5.74) is 4.53. The summed E-state index contributed by atoms with van der Waals surface area (Å²) in [6.07, 6.45) is 0. The Morgan fingerprint density at radius 1 is 1.03 bits per heavy atom. The number of aryl methyl sites for hydroxylation is 2. The van der Waals surface area contributed by atoms with E-state index in [-0.39, 0.29) is 12.1 Å². The van der Waals surface area contributed by atoms with Gasteiger partial charge in [-0.2, -0.15) is 10.1 Å². The first kappa shape index (κ1) is 19.6. The van der Waals surface area contributed by atoms with Crippen molar-refractivity contribution in [3.8, 4) is 28.4 Å². The van der Waals surface area contributed by atoms with Crippen molar-refractivity contribution in [2.45, 2.75) is 27.3 Å². The van der Waals surface area contributed by atoms with Gasteiger partial charge in [-0.25, -0.2) is 4.68 Å². The highest BCUT2D eigenvalue weighted by atomic mass is 16.5. The fraction of sp³-hybridized carbons (Fsp3) is 0.217. The van der Waals surface area contributed by atoms with Gasteiger partial charge in [0.2, 0.25) is 11.7 Å². The summed E-state index contributed by atoms with van der Waals surface area (Å²) in [6, 6.07) is 16.8. The highest BCUT2D eigenvalue weighted by Crippen LogP contribution is 2.27. The molecule has 0 N–H and O–H groups in total. The molecule has 30 heavy (non-hydrogen) atoms. The van der Waals surface area contributed by atoms with Crippen LogP contribution in [0.1, 0.15) is 23.9 Å². The summed E-state index contributed by atoms with van der Waals surface area (Å²) >= 11 is 0. The molecule has 0 aliphatic carbocycles. The molecule has 0 aliphatic heterocycles. The zero-order valence-electron chi connectivity index (χ0n) is 17.1. The van der Waals surface area contributed by atoms with Gasteiger partial charge in [-0.15, -0.1) is 0 Å². The van der Waals surface area contributed by atoms with E-state index < -0.39 is 0 Å². The van der Waals surface area contributed by atoms with Crippen molar-refractivity contribution in [2.24, 2.45) is 0 Å². The number of ether oxygens (including phenoxy) is 1. The van der Waals surface area contributed by atoms with Crippen LogP contribution in [-0.2, 0) is 6.54 Å². The molecule has 0 amide bonds. The Labute approximate surface area is 174 Å². The standard InChI is InChI=1S/C23H22N4O3/c1-4-29-20-8-6-5-7-18(20)23-24-21(30-26-23)14-27-22(28)12-11-19(25-27)17-10-9-15(2)16(3)13-17/h5-13H,4,14H2,1-3H3. The Morgan fingerprint density at radius 2 is 1.87 bits per heavy atom. The maximum Gasteiger partial charge on any atom is 0.267 e. The van der Waals surface area contributed by atoms with E-state index in [9.17, 15) is 4.79 Å². The highest BCUT2D eigenvalue weighted by molar-refractivity contribution is 5.63. The fourth-order valence-corrected chi connectivity index (χ4v) is 3.11. The number of hydrogen-bond acceptors (Lipinski definition) is 6. The SMILES string of the molecule is CCOc1ccccc1-c1noc(Cn2nc(-c3ccc(C)c(C)c3)ccc2=O)n1. The second-order valence-corrected chi connectivity index (χ2v) is 6.95. The lowest BCUT2D eigenvalue weighted by Crippen LogP contribution is -2.23. The third-order valence-electron chi connectivity index (χ3n) is 4.85. The number of rotatable bonds is 6. The maximum atomic E-state index is 12.3. The first-order valence-corrected chi connectivity index (χ1v) is 9.75. The van der Waals surface area contributed by atoms with Crippen LogP contribution in [0.2, 0.25) is 0 Å². The van der Waals surface area contributed by atoms with Crippen LogP contribution >= 0.6 is 0 Å². The molecule has 0 bridgehead atoms. The molecule has 7 nitrogen and oxygen atoms in total. The van der Waals surface area contributed by atoms with Crippen molar-refractivity contribution in [2.75, 3.05) is 6.61 Å². The van der Waals surface area contributed by atoms with Gasteiger partial charge in [-0.05, 0) is 56.2 Å². The van der Waals surface area contributed by atoms with E-state index in [0.717, 1.165) is 11.1 Å². The molecule has 0 saturated carbocycles. The van der Waals surface area contributed by atoms with Crippen LogP contribution in [-0.4, -0.2) is 26.5 Å². The zero-order valence-corrected chi connectivity index (χ0v) is 17.1. The molecular weight excluding hydrogens is 380 g/mol. The highest BCUT2D eigenvalue weighted by Gasteiger charge is 2.14. The van der Waals surface area contributed by atoms with Crippen LogP contribution in [0.5, 0.6) is 5.75 Å². The molecule has 152 valence electrons. The summed E-state index contributed by atoms with van der Waals surface area (Å²) in [7, 11) is 0. The summed E-state index contributed by atoms with van der Waals surface area (Å²) in [4.78, 5) is 16.8. The predicted molar refractivity (Wildman–Crippen MR) is 113 cm³/mol. The van der Waals surface area contributed by atoms with E-state index in [4.69, 9.17) is 9.26 Å². The van der Waals surface area contributed by atoms with E-state index in [1.807, 2.05) is 43.3 Å². The molecule has 4 aromatic rings. The van der Waals surface area contributed by atoms with Crippen molar-refractivity contribution < 1.29 is 9.26 Å². The predicted octanol–water partition coefficient (Wildman–Crippen LogP) is 4.02. The third kappa shape index (κ3) is 4.00. The monoisotopic (exact) mass is 402 g/mol. The third-order valence-corrected chi connectivity index (χ3v) is 4.85. The molecule has 0 saturated heterocycles. The van der Waals surface area contributed by atoms with Gasteiger partial charge in [0.05, 0.1) is 17.9 Å². The molecule has 0 spiro atoms. The van der Waals surface area contributed by atoms with Crippen LogP contribution in [0.15, 0.2) is 63.9 Å². The average Bonchev–Trinajstić information content (AvgIpc) is 3.21. The molecular formula is C23H22N4O3. The van der Waals surface area contributed by atoms with Crippen molar-refractivity contribution in [3.63, 3.8) is 0 Å². The topological polar surface area (TPSA) is 83.0 Å². The lowest BCUT2D eigenvalue weighted by atomic mass is 10.0. The van der Waals surface area contributed by atoms with Gasteiger partial charge < -0.3 is 9.26 Å². The Hall–Kier alpha value is -3.74. The van der Waals surface area contributed by atoms with Crippen LogP contribution < -0.4 is 10.3 Å². The van der Waals surface area contributed by atoms with Crippen molar-refractivity contribution in [1.29, 1.82) is 0 Å². The minimum atomic E-state index is -0.239. The molecule has 2 aromatic heterocycles. The number of benzene rings is 2. The normalized spacial score (nSPS) is 10.9. The Bertz CT molecular complexity index is 1240. The largest absolute Gasteiger partial charge is 0.493 e. The summed E-state index contributed by atoms with van der Waals surface area (Å²) in [5.74, 6) is 1.38. The minimum absolute atomic E-state index is 0.0846. The number of nitrogens with zero attached hydrogens (tertiary/aromatic N) is 4. The minimum Gasteiger partial charge on any atom is -0.493 e. The Balaban J connectivity index is 1.63. The van der Waals surface area contributed by atoms with Crippen molar-refractivity contribution in [1.82, 2.24) is 19.9 Å². The second-order valence-electron chi connectivity index (χ2n) is 6.95.